The largest absolute Gasteiger partial charge is 0.327 e. The van der Waals surface area contributed by atoms with Gasteiger partial charge in [-0.3, -0.25) is 4.79 Å². The molecule has 3 N–H and O–H groups in total. The van der Waals surface area contributed by atoms with Crippen LogP contribution < -0.4 is 11.1 Å². The second-order valence-corrected chi connectivity index (χ2v) is 8.13. The number of nitrogens with zero attached hydrogens (tertiary/aromatic N) is 1. The Hall–Kier alpha value is -1.39. The first kappa shape index (κ1) is 17.4. The first-order valence-electron chi connectivity index (χ1n) is 9.24. The summed E-state index contributed by atoms with van der Waals surface area (Å²) >= 11 is 0. The van der Waals surface area contributed by atoms with Crippen molar-refractivity contribution in [1.82, 2.24) is 4.90 Å². The van der Waals surface area contributed by atoms with Gasteiger partial charge in [-0.25, -0.2) is 0 Å². The molecule has 2 aliphatic carbocycles. The molecule has 0 aliphatic heterocycles. The number of nitrogens with one attached hydrogen (secondary N) is 1. The van der Waals surface area contributed by atoms with Gasteiger partial charge in [0.15, 0.2) is 0 Å². The van der Waals surface area contributed by atoms with Crippen LogP contribution in [0.5, 0.6) is 0 Å². The monoisotopic (exact) mass is 329 g/mol. The summed E-state index contributed by atoms with van der Waals surface area (Å²) in [4.78, 5) is 14.9. The van der Waals surface area contributed by atoms with E-state index in [1.807, 2.05) is 0 Å². The van der Waals surface area contributed by atoms with Crippen LogP contribution in [-0.2, 0) is 11.3 Å². The summed E-state index contributed by atoms with van der Waals surface area (Å²) in [6, 6.07) is 6.65. The molecule has 2 bridgehead atoms. The number of hydrogen-bond donors (Lipinski definition) is 2. The van der Waals surface area contributed by atoms with Crippen LogP contribution in [-0.4, -0.2) is 30.9 Å². The Bertz CT molecular complexity index is 585. The third-order valence-corrected chi connectivity index (χ3v) is 5.69. The number of hydrogen-bond acceptors (Lipinski definition) is 3. The highest BCUT2D eigenvalue weighted by molar-refractivity contribution is 5.92. The fourth-order valence-corrected chi connectivity index (χ4v) is 4.64. The first-order chi connectivity index (χ1) is 11.4. The zero-order valence-electron chi connectivity index (χ0n) is 15.2. The molecule has 1 amide bonds. The number of carbonyl (C=O) groups excluding carboxylic acids is 1. The second-order valence-electron chi connectivity index (χ2n) is 8.13. The van der Waals surface area contributed by atoms with Crippen LogP contribution in [0, 0.1) is 24.7 Å². The van der Waals surface area contributed by atoms with E-state index < -0.39 is 0 Å². The van der Waals surface area contributed by atoms with Crippen LogP contribution >= 0.6 is 0 Å². The lowest BCUT2D eigenvalue weighted by Crippen LogP contribution is -2.48. The lowest BCUT2D eigenvalue weighted by atomic mass is 9.65. The van der Waals surface area contributed by atoms with Crippen LogP contribution in [0.2, 0.25) is 0 Å². The second kappa shape index (κ2) is 7.24. The third-order valence-electron chi connectivity index (χ3n) is 5.69. The summed E-state index contributed by atoms with van der Waals surface area (Å²) in [5.74, 6) is 1.38. The molecule has 0 saturated heterocycles. The van der Waals surface area contributed by atoms with Crippen molar-refractivity contribution in [1.29, 1.82) is 0 Å². The fraction of sp³-hybridized carbons (Fsp3) is 0.650. The average Bonchev–Trinajstić information content (AvgIpc) is 2.45. The summed E-state index contributed by atoms with van der Waals surface area (Å²) in [6.45, 7) is 2.96. The van der Waals surface area contributed by atoms with Crippen molar-refractivity contribution >= 4 is 11.6 Å². The van der Waals surface area contributed by atoms with Gasteiger partial charge in [0.05, 0.1) is 0 Å². The number of anilines is 1. The predicted molar refractivity (Wildman–Crippen MR) is 98.7 cm³/mol. The molecule has 1 aromatic carbocycles. The molecule has 2 aliphatic rings. The van der Waals surface area contributed by atoms with Crippen LogP contribution in [0.25, 0.3) is 0 Å². The SMILES string of the molecule is Cc1cc(CN(C)C)cc(NC(=O)C2CC3CCCC(C2)C3N)c1. The zero-order chi connectivity index (χ0) is 17.3. The van der Waals surface area contributed by atoms with E-state index in [1.54, 1.807) is 0 Å². The van der Waals surface area contributed by atoms with Gasteiger partial charge >= 0.3 is 0 Å². The molecule has 2 saturated carbocycles. The number of carbonyl (C=O) groups is 1. The Labute approximate surface area is 145 Å². The zero-order valence-corrected chi connectivity index (χ0v) is 15.2. The Morgan fingerprint density at radius 1 is 1.21 bits per heavy atom. The number of aryl methyl sites for hydroxylation is 1. The maximum Gasteiger partial charge on any atom is 0.227 e. The molecular weight excluding hydrogens is 298 g/mol. The molecule has 0 spiro atoms. The normalized spacial score (nSPS) is 29.5. The molecule has 3 rings (SSSR count). The van der Waals surface area contributed by atoms with Gasteiger partial charge in [-0.05, 0) is 81.8 Å². The Morgan fingerprint density at radius 3 is 2.50 bits per heavy atom. The molecule has 1 aromatic rings. The number of nitrogens with two attached hydrogens (primary N) is 1. The van der Waals surface area contributed by atoms with Gasteiger partial charge in [-0.1, -0.05) is 12.5 Å². The molecule has 0 aromatic heterocycles. The lowest BCUT2D eigenvalue weighted by molar-refractivity contribution is -0.122. The highest BCUT2D eigenvalue weighted by Gasteiger charge is 2.40. The third kappa shape index (κ3) is 3.98. The van der Waals surface area contributed by atoms with Crippen molar-refractivity contribution in [2.75, 3.05) is 19.4 Å². The fourth-order valence-electron chi connectivity index (χ4n) is 4.64. The van der Waals surface area contributed by atoms with Crippen LogP contribution in [0.4, 0.5) is 5.69 Å². The Kier molecular flexibility index (Phi) is 5.26. The van der Waals surface area contributed by atoms with E-state index >= 15 is 0 Å². The van der Waals surface area contributed by atoms with Gasteiger partial charge in [0.2, 0.25) is 5.91 Å². The molecule has 24 heavy (non-hydrogen) atoms. The minimum atomic E-state index is 0.123. The summed E-state index contributed by atoms with van der Waals surface area (Å²) < 4.78 is 0. The quantitative estimate of drug-likeness (QED) is 0.892. The molecule has 0 heterocycles. The summed E-state index contributed by atoms with van der Waals surface area (Å²) in [5, 5.41) is 3.17. The van der Waals surface area contributed by atoms with Crippen LogP contribution in [0.1, 0.15) is 43.2 Å². The van der Waals surface area contributed by atoms with Crippen molar-refractivity contribution in [3.8, 4) is 0 Å². The summed E-state index contributed by atoms with van der Waals surface area (Å²) in [7, 11) is 4.12. The van der Waals surface area contributed by atoms with Gasteiger partial charge in [-0.2, -0.15) is 0 Å². The van der Waals surface area contributed by atoms with E-state index in [0.717, 1.165) is 25.1 Å². The van der Waals surface area contributed by atoms with Crippen molar-refractivity contribution in [3.63, 3.8) is 0 Å². The smallest absolute Gasteiger partial charge is 0.227 e. The van der Waals surface area contributed by atoms with Crippen molar-refractivity contribution < 1.29 is 4.79 Å². The van der Waals surface area contributed by atoms with Gasteiger partial charge in [-0.15, -0.1) is 0 Å². The molecule has 2 atom stereocenters. The first-order valence-corrected chi connectivity index (χ1v) is 9.24. The van der Waals surface area contributed by atoms with Crippen molar-refractivity contribution in [3.05, 3.63) is 29.3 Å². The summed E-state index contributed by atoms with van der Waals surface area (Å²) in [6.07, 6.45) is 5.58. The average molecular weight is 329 g/mol. The highest BCUT2D eigenvalue weighted by Crippen LogP contribution is 2.42. The van der Waals surface area contributed by atoms with Gasteiger partial charge in [0.1, 0.15) is 0 Å². The molecular formula is C20H31N3O. The number of rotatable bonds is 4. The maximum atomic E-state index is 12.8. The molecule has 2 unspecified atom stereocenters. The number of amides is 1. The minimum Gasteiger partial charge on any atom is -0.327 e. The molecule has 2 fully saturated rings. The van der Waals surface area contributed by atoms with Crippen molar-refractivity contribution in [2.45, 2.75) is 51.6 Å². The van der Waals surface area contributed by atoms with Crippen LogP contribution in [0.15, 0.2) is 18.2 Å². The van der Waals surface area contributed by atoms with E-state index in [-0.39, 0.29) is 11.8 Å². The van der Waals surface area contributed by atoms with Crippen molar-refractivity contribution in [2.24, 2.45) is 23.5 Å². The van der Waals surface area contributed by atoms with Gasteiger partial charge < -0.3 is 16.0 Å². The Balaban J connectivity index is 1.67. The molecule has 132 valence electrons. The Morgan fingerprint density at radius 2 is 1.88 bits per heavy atom. The van der Waals surface area contributed by atoms with E-state index in [9.17, 15) is 4.79 Å². The van der Waals surface area contributed by atoms with Gasteiger partial charge in [0, 0.05) is 24.2 Å². The summed E-state index contributed by atoms with van der Waals surface area (Å²) in [5.41, 5.74) is 9.70. The predicted octanol–water partition coefficient (Wildman–Crippen LogP) is 3.15. The number of fused-ring (bicyclic) bond motifs is 2. The minimum absolute atomic E-state index is 0.123. The number of benzene rings is 1. The molecule has 0 radical (unpaired) electrons. The van der Waals surface area contributed by atoms with Crippen LogP contribution in [0.3, 0.4) is 0 Å². The van der Waals surface area contributed by atoms with E-state index in [1.165, 1.54) is 30.4 Å². The van der Waals surface area contributed by atoms with E-state index in [0.29, 0.717) is 17.9 Å². The molecule has 4 nitrogen and oxygen atoms in total. The van der Waals surface area contributed by atoms with Gasteiger partial charge in [0.25, 0.3) is 0 Å². The standard InChI is InChI=1S/C20H31N3O/c1-13-7-14(12-23(2)3)9-18(8-13)22-20(24)17-10-15-5-4-6-16(11-17)19(15)21/h7-9,15-17,19H,4-6,10-12,21H2,1-3H3,(H,22,24). The lowest BCUT2D eigenvalue weighted by Gasteiger charge is -2.43. The highest BCUT2D eigenvalue weighted by atomic mass is 16.1. The maximum absolute atomic E-state index is 12.8. The molecule has 4 heteroatoms. The van der Waals surface area contributed by atoms with E-state index in [2.05, 4.69) is 49.4 Å². The van der Waals surface area contributed by atoms with E-state index in [4.69, 9.17) is 5.73 Å². The topological polar surface area (TPSA) is 58.4 Å².